The molecule has 1 fully saturated rings. The number of hydrogen-bond donors (Lipinski definition) is 1. The van der Waals surface area contributed by atoms with E-state index in [4.69, 9.17) is 4.74 Å². The van der Waals surface area contributed by atoms with Crippen LogP contribution in [0.5, 0.6) is 0 Å². The van der Waals surface area contributed by atoms with Crippen LogP contribution >= 0.6 is 0 Å². The molecule has 0 saturated heterocycles. The summed E-state index contributed by atoms with van der Waals surface area (Å²) in [6, 6.07) is 0.523. The van der Waals surface area contributed by atoms with E-state index in [9.17, 15) is 0 Å². The Balaban J connectivity index is 2.82. The Labute approximate surface area is 120 Å². The lowest BCUT2D eigenvalue weighted by Crippen LogP contribution is -2.55. The van der Waals surface area contributed by atoms with Gasteiger partial charge in [-0.25, -0.2) is 0 Å². The van der Waals surface area contributed by atoms with Gasteiger partial charge in [0.15, 0.2) is 0 Å². The zero-order valence-electron chi connectivity index (χ0n) is 13.8. The third kappa shape index (κ3) is 5.07. The van der Waals surface area contributed by atoms with Gasteiger partial charge >= 0.3 is 0 Å². The summed E-state index contributed by atoms with van der Waals surface area (Å²) in [6.45, 7) is 13.4. The zero-order chi connectivity index (χ0) is 14.3. The smallest absolute Gasteiger partial charge is 0.0837 e. The van der Waals surface area contributed by atoms with Gasteiger partial charge < -0.3 is 10.1 Å². The summed E-state index contributed by atoms with van der Waals surface area (Å²) in [5.74, 6) is 1.53. The van der Waals surface area contributed by atoms with Gasteiger partial charge in [0.25, 0.3) is 0 Å². The molecule has 1 N–H and O–H groups in total. The highest BCUT2D eigenvalue weighted by Crippen LogP contribution is 2.39. The molecule has 2 nitrogen and oxygen atoms in total. The molecule has 1 rings (SSSR count). The summed E-state index contributed by atoms with van der Waals surface area (Å²) in [5, 5.41) is 3.79. The third-order valence-corrected chi connectivity index (χ3v) is 4.41. The third-order valence-electron chi connectivity index (χ3n) is 4.41. The molecule has 2 heteroatoms. The molecule has 3 atom stereocenters. The fraction of sp³-hybridized carbons (Fsp3) is 1.00. The minimum absolute atomic E-state index is 0.0891. The van der Waals surface area contributed by atoms with Crippen molar-refractivity contribution in [1.29, 1.82) is 0 Å². The average molecular weight is 269 g/mol. The normalized spacial score (nSPS) is 29.7. The minimum atomic E-state index is 0.0891. The maximum Gasteiger partial charge on any atom is 0.0837 e. The monoisotopic (exact) mass is 269 g/mol. The van der Waals surface area contributed by atoms with Gasteiger partial charge in [-0.05, 0) is 51.0 Å². The molecule has 0 bridgehead atoms. The topological polar surface area (TPSA) is 21.3 Å². The zero-order valence-corrected chi connectivity index (χ0v) is 13.8. The van der Waals surface area contributed by atoms with E-state index in [1.807, 2.05) is 0 Å². The first-order valence-electron chi connectivity index (χ1n) is 8.41. The Morgan fingerprint density at radius 1 is 1.32 bits per heavy atom. The van der Waals surface area contributed by atoms with Gasteiger partial charge in [-0.15, -0.1) is 0 Å². The van der Waals surface area contributed by atoms with Crippen molar-refractivity contribution in [1.82, 2.24) is 5.32 Å². The molecule has 1 aliphatic carbocycles. The van der Waals surface area contributed by atoms with Crippen LogP contribution in [0.4, 0.5) is 0 Å². The van der Waals surface area contributed by atoms with Gasteiger partial charge in [-0.2, -0.15) is 0 Å². The summed E-state index contributed by atoms with van der Waals surface area (Å²) < 4.78 is 6.34. The first kappa shape index (κ1) is 17.0. The summed E-state index contributed by atoms with van der Waals surface area (Å²) in [4.78, 5) is 0. The molecule has 0 heterocycles. The molecule has 0 amide bonds. The Morgan fingerprint density at radius 3 is 2.58 bits per heavy atom. The Hall–Kier alpha value is -0.0800. The number of rotatable bonds is 8. The molecule has 0 aliphatic heterocycles. The number of nitrogens with one attached hydrogen (secondary N) is 1. The lowest BCUT2D eigenvalue weighted by Gasteiger charge is -2.46. The molecular formula is C17H35NO. The van der Waals surface area contributed by atoms with E-state index < -0.39 is 0 Å². The van der Waals surface area contributed by atoms with Gasteiger partial charge in [-0.3, -0.25) is 0 Å². The van der Waals surface area contributed by atoms with Gasteiger partial charge in [0.1, 0.15) is 0 Å². The molecule has 0 spiro atoms. The van der Waals surface area contributed by atoms with Crippen molar-refractivity contribution in [2.75, 3.05) is 13.2 Å². The highest BCUT2D eigenvalue weighted by Gasteiger charge is 2.42. The highest BCUT2D eigenvalue weighted by molar-refractivity contribution is 4.97. The van der Waals surface area contributed by atoms with Crippen LogP contribution in [0.25, 0.3) is 0 Å². The standard InChI is InChI=1S/C17H35NO/c1-6-11-18-16(12-14(3)4)17(19-7-2)10-8-9-15(5)13-17/h14-16,18H,6-13H2,1-5H3. The van der Waals surface area contributed by atoms with Gasteiger partial charge in [0, 0.05) is 12.6 Å². The lowest BCUT2D eigenvalue weighted by molar-refractivity contribution is -0.104. The Kier molecular flexibility index (Phi) is 7.38. The van der Waals surface area contributed by atoms with Crippen molar-refractivity contribution in [3.05, 3.63) is 0 Å². The molecular weight excluding hydrogens is 234 g/mol. The average Bonchev–Trinajstić information content (AvgIpc) is 2.34. The van der Waals surface area contributed by atoms with Crippen molar-refractivity contribution in [3.8, 4) is 0 Å². The second kappa shape index (κ2) is 8.26. The van der Waals surface area contributed by atoms with Crippen LogP contribution in [-0.2, 0) is 4.74 Å². The molecule has 0 radical (unpaired) electrons. The van der Waals surface area contributed by atoms with Crippen molar-refractivity contribution < 1.29 is 4.74 Å². The summed E-state index contributed by atoms with van der Waals surface area (Å²) in [5.41, 5.74) is 0.0891. The Morgan fingerprint density at radius 2 is 2.05 bits per heavy atom. The molecule has 0 aromatic rings. The van der Waals surface area contributed by atoms with Crippen LogP contribution in [0.2, 0.25) is 0 Å². The van der Waals surface area contributed by atoms with Crippen LogP contribution in [0.15, 0.2) is 0 Å². The predicted molar refractivity (Wildman–Crippen MR) is 83.5 cm³/mol. The highest BCUT2D eigenvalue weighted by atomic mass is 16.5. The maximum atomic E-state index is 6.34. The summed E-state index contributed by atoms with van der Waals surface area (Å²) in [6.07, 6.45) is 7.59. The largest absolute Gasteiger partial charge is 0.374 e. The van der Waals surface area contributed by atoms with Gasteiger partial charge in [0.2, 0.25) is 0 Å². The van der Waals surface area contributed by atoms with Crippen molar-refractivity contribution in [2.24, 2.45) is 11.8 Å². The maximum absolute atomic E-state index is 6.34. The van der Waals surface area contributed by atoms with Gasteiger partial charge in [0.05, 0.1) is 5.60 Å². The van der Waals surface area contributed by atoms with Crippen LogP contribution in [0, 0.1) is 11.8 Å². The van der Waals surface area contributed by atoms with E-state index in [-0.39, 0.29) is 5.60 Å². The van der Waals surface area contributed by atoms with E-state index in [0.717, 1.165) is 25.0 Å². The van der Waals surface area contributed by atoms with E-state index in [0.29, 0.717) is 6.04 Å². The van der Waals surface area contributed by atoms with Gasteiger partial charge in [-0.1, -0.05) is 40.5 Å². The fourth-order valence-electron chi connectivity index (χ4n) is 3.65. The SMILES string of the molecule is CCCNC(CC(C)C)C1(OCC)CCCC(C)C1. The quantitative estimate of drug-likeness (QED) is 0.706. The van der Waals surface area contributed by atoms with E-state index in [1.54, 1.807) is 0 Å². The van der Waals surface area contributed by atoms with E-state index >= 15 is 0 Å². The molecule has 1 aliphatic rings. The molecule has 3 unspecified atom stereocenters. The van der Waals surface area contributed by atoms with Crippen LogP contribution in [-0.4, -0.2) is 24.8 Å². The van der Waals surface area contributed by atoms with Crippen LogP contribution < -0.4 is 5.32 Å². The molecule has 19 heavy (non-hydrogen) atoms. The second-order valence-electron chi connectivity index (χ2n) is 6.84. The van der Waals surface area contributed by atoms with Crippen molar-refractivity contribution >= 4 is 0 Å². The fourth-order valence-corrected chi connectivity index (χ4v) is 3.65. The minimum Gasteiger partial charge on any atom is -0.374 e. The molecule has 0 aromatic carbocycles. The number of hydrogen-bond acceptors (Lipinski definition) is 2. The first-order chi connectivity index (χ1) is 9.04. The molecule has 1 saturated carbocycles. The Bertz CT molecular complexity index is 237. The summed E-state index contributed by atoms with van der Waals surface area (Å²) in [7, 11) is 0. The van der Waals surface area contributed by atoms with Crippen LogP contribution in [0.3, 0.4) is 0 Å². The van der Waals surface area contributed by atoms with Crippen molar-refractivity contribution in [2.45, 2.75) is 84.8 Å². The van der Waals surface area contributed by atoms with Crippen LogP contribution in [0.1, 0.15) is 73.1 Å². The molecule has 114 valence electrons. The lowest BCUT2D eigenvalue weighted by atomic mass is 9.72. The van der Waals surface area contributed by atoms with E-state index in [1.165, 1.54) is 38.5 Å². The summed E-state index contributed by atoms with van der Waals surface area (Å²) >= 11 is 0. The predicted octanol–water partition coefficient (Wildman–Crippen LogP) is 4.39. The van der Waals surface area contributed by atoms with E-state index in [2.05, 4.69) is 39.9 Å². The second-order valence-corrected chi connectivity index (χ2v) is 6.84. The first-order valence-corrected chi connectivity index (χ1v) is 8.41. The molecule has 0 aromatic heterocycles. The number of ether oxygens (including phenoxy) is 1. The van der Waals surface area contributed by atoms with Crippen molar-refractivity contribution in [3.63, 3.8) is 0 Å².